The third-order valence-electron chi connectivity index (χ3n) is 3.49. The second-order valence-electron chi connectivity index (χ2n) is 4.84. The van der Waals surface area contributed by atoms with E-state index in [1.54, 1.807) is 7.11 Å². The molecule has 1 saturated heterocycles. The van der Waals surface area contributed by atoms with Gasteiger partial charge in [-0.3, -0.25) is 0 Å². The van der Waals surface area contributed by atoms with E-state index in [1.807, 2.05) is 18.2 Å². The molecule has 0 radical (unpaired) electrons. The molecule has 1 aromatic rings. The smallest absolute Gasteiger partial charge is 0.123 e. The van der Waals surface area contributed by atoms with Crippen molar-refractivity contribution in [1.29, 1.82) is 0 Å². The van der Waals surface area contributed by atoms with Gasteiger partial charge in [-0.05, 0) is 25.8 Å². The fourth-order valence-electron chi connectivity index (χ4n) is 2.16. The Morgan fingerprint density at radius 1 is 1.29 bits per heavy atom. The Labute approximate surface area is 103 Å². The minimum Gasteiger partial charge on any atom is -0.496 e. The van der Waals surface area contributed by atoms with Crippen molar-refractivity contribution in [3.05, 3.63) is 29.8 Å². The zero-order chi connectivity index (χ0) is 12.1. The number of hydrogen-bond donors (Lipinski definition) is 1. The van der Waals surface area contributed by atoms with Gasteiger partial charge >= 0.3 is 0 Å². The van der Waals surface area contributed by atoms with Gasteiger partial charge in [0.1, 0.15) is 5.75 Å². The molecule has 0 aliphatic carbocycles. The molecular weight excluding hydrogens is 214 g/mol. The van der Waals surface area contributed by atoms with Crippen molar-refractivity contribution in [3.63, 3.8) is 0 Å². The highest BCUT2D eigenvalue weighted by Crippen LogP contribution is 2.22. The fraction of sp³-hybridized carbons (Fsp3) is 0.571. The molecule has 1 aliphatic heterocycles. The van der Waals surface area contributed by atoms with Crippen LogP contribution in [0.2, 0.25) is 0 Å². The second-order valence-corrected chi connectivity index (χ2v) is 4.84. The molecule has 0 amide bonds. The average molecular weight is 235 g/mol. The summed E-state index contributed by atoms with van der Waals surface area (Å²) < 4.78 is 10.8. The molecule has 1 heterocycles. The Bertz CT molecular complexity index is 359. The van der Waals surface area contributed by atoms with Crippen LogP contribution in [0.4, 0.5) is 0 Å². The van der Waals surface area contributed by atoms with E-state index in [-0.39, 0.29) is 5.54 Å². The highest BCUT2D eigenvalue weighted by molar-refractivity contribution is 5.33. The zero-order valence-electron chi connectivity index (χ0n) is 10.7. The average Bonchev–Trinajstić information content (AvgIpc) is 2.38. The quantitative estimate of drug-likeness (QED) is 0.869. The second kappa shape index (κ2) is 5.52. The molecule has 0 aromatic heterocycles. The van der Waals surface area contributed by atoms with E-state index in [9.17, 15) is 0 Å². The first kappa shape index (κ1) is 12.4. The number of methoxy groups -OCH3 is 1. The van der Waals surface area contributed by atoms with Crippen LogP contribution in [-0.4, -0.2) is 25.9 Å². The lowest BCUT2D eigenvalue weighted by Crippen LogP contribution is -2.46. The number of benzene rings is 1. The predicted octanol–water partition coefficient (Wildman–Crippen LogP) is 2.35. The SMILES string of the molecule is COc1ccccc1CNC1(C)CCOCC1. The summed E-state index contributed by atoms with van der Waals surface area (Å²) in [6.45, 7) is 4.83. The molecule has 2 rings (SSSR count). The van der Waals surface area contributed by atoms with Gasteiger partial charge in [0.15, 0.2) is 0 Å². The number of nitrogens with one attached hydrogen (secondary N) is 1. The Hall–Kier alpha value is -1.06. The first-order chi connectivity index (χ1) is 8.23. The lowest BCUT2D eigenvalue weighted by molar-refractivity contribution is 0.0445. The largest absolute Gasteiger partial charge is 0.496 e. The summed E-state index contributed by atoms with van der Waals surface area (Å²) in [4.78, 5) is 0. The molecule has 1 aliphatic rings. The van der Waals surface area contributed by atoms with Crippen LogP contribution in [0, 0.1) is 0 Å². The number of rotatable bonds is 4. The number of ether oxygens (including phenoxy) is 2. The van der Waals surface area contributed by atoms with Gasteiger partial charge < -0.3 is 14.8 Å². The van der Waals surface area contributed by atoms with Crippen LogP contribution in [0.3, 0.4) is 0 Å². The van der Waals surface area contributed by atoms with Crippen LogP contribution in [0.25, 0.3) is 0 Å². The van der Waals surface area contributed by atoms with E-state index in [1.165, 1.54) is 5.56 Å². The van der Waals surface area contributed by atoms with Crippen molar-refractivity contribution in [2.45, 2.75) is 31.8 Å². The van der Waals surface area contributed by atoms with Crippen LogP contribution < -0.4 is 10.1 Å². The molecule has 1 fully saturated rings. The lowest BCUT2D eigenvalue weighted by Gasteiger charge is -2.34. The molecule has 0 spiro atoms. The van der Waals surface area contributed by atoms with Gasteiger partial charge in [-0.15, -0.1) is 0 Å². The molecule has 0 atom stereocenters. The third kappa shape index (κ3) is 3.20. The van der Waals surface area contributed by atoms with Gasteiger partial charge in [0, 0.05) is 30.9 Å². The molecule has 17 heavy (non-hydrogen) atoms. The van der Waals surface area contributed by atoms with Crippen molar-refractivity contribution >= 4 is 0 Å². The highest BCUT2D eigenvalue weighted by atomic mass is 16.5. The first-order valence-corrected chi connectivity index (χ1v) is 6.18. The summed E-state index contributed by atoms with van der Waals surface area (Å²) in [7, 11) is 1.72. The summed E-state index contributed by atoms with van der Waals surface area (Å²) in [6, 6.07) is 8.15. The van der Waals surface area contributed by atoms with Gasteiger partial charge in [0.2, 0.25) is 0 Å². The standard InChI is InChI=1S/C14H21NO2/c1-14(7-9-17-10-8-14)15-11-12-5-3-4-6-13(12)16-2/h3-6,15H,7-11H2,1-2H3. The summed E-state index contributed by atoms with van der Waals surface area (Å²) in [5.74, 6) is 0.954. The topological polar surface area (TPSA) is 30.5 Å². The van der Waals surface area contributed by atoms with Crippen molar-refractivity contribution in [2.24, 2.45) is 0 Å². The first-order valence-electron chi connectivity index (χ1n) is 6.18. The molecule has 0 saturated carbocycles. The minimum absolute atomic E-state index is 0.194. The Balaban J connectivity index is 1.96. The molecule has 94 valence electrons. The van der Waals surface area contributed by atoms with Gasteiger partial charge in [-0.25, -0.2) is 0 Å². The van der Waals surface area contributed by atoms with Gasteiger partial charge in [0.05, 0.1) is 7.11 Å². The Morgan fingerprint density at radius 2 is 2.00 bits per heavy atom. The predicted molar refractivity (Wildman–Crippen MR) is 68.3 cm³/mol. The molecule has 3 heteroatoms. The highest BCUT2D eigenvalue weighted by Gasteiger charge is 2.26. The van der Waals surface area contributed by atoms with E-state index >= 15 is 0 Å². The van der Waals surface area contributed by atoms with Crippen LogP contribution in [-0.2, 0) is 11.3 Å². The van der Waals surface area contributed by atoms with Crippen LogP contribution >= 0.6 is 0 Å². The Kier molecular flexibility index (Phi) is 4.02. The van der Waals surface area contributed by atoms with Gasteiger partial charge in [-0.2, -0.15) is 0 Å². The molecular formula is C14H21NO2. The molecule has 0 bridgehead atoms. The summed E-state index contributed by atoms with van der Waals surface area (Å²) >= 11 is 0. The lowest BCUT2D eigenvalue weighted by atomic mass is 9.92. The zero-order valence-corrected chi connectivity index (χ0v) is 10.7. The van der Waals surface area contributed by atoms with Crippen molar-refractivity contribution in [1.82, 2.24) is 5.32 Å². The van der Waals surface area contributed by atoms with E-state index in [0.29, 0.717) is 0 Å². The maximum absolute atomic E-state index is 5.40. The Morgan fingerprint density at radius 3 is 2.71 bits per heavy atom. The van der Waals surface area contributed by atoms with Gasteiger partial charge in [0.25, 0.3) is 0 Å². The van der Waals surface area contributed by atoms with E-state index in [0.717, 1.165) is 38.3 Å². The number of hydrogen-bond acceptors (Lipinski definition) is 3. The van der Waals surface area contributed by atoms with Crippen molar-refractivity contribution < 1.29 is 9.47 Å². The van der Waals surface area contributed by atoms with Crippen LogP contribution in [0.15, 0.2) is 24.3 Å². The maximum atomic E-state index is 5.40. The normalized spacial score (nSPS) is 18.9. The maximum Gasteiger partial charge on any atom is 0.123 e. The van der Waals surface area contributed by atoms with E-state index in [2.05, 4.69) is 18.3 Å². The molecule has 3 nitrogen and oxygen atoms in total. The minimum atomic E-state index is 0.194. The van der Waals surface area contributed by atoms with E-state index in [4.69, 9.17) is 9.47 Å². The third-order valence-corrected chi connectivity index (χ3v) is 3.49. The van der Waals surface area contributed by atoms with E-state index < -0.39 is 0 Å². The van der Waals surface area contributed by atoms with Gasteiger partial charge in [-0.1, -0.05) is 18.2 Å². The monoisotopic (exact) mass is 235 g/mol. The van der Waals surface area contributed by atoms with Crippen molar-refractivity contribution in [2.75, 3.05) is 20.3 Å². The summed E-state index contributed by atoms with van der Waals surface area (Å²) in [5, 5.41) is 3.63. The summed E-state index contributed by atoms with van der Waals surface area (Å²) in [6.07, 6.45) is 2.14. The van der Waals surface area contributed by atoms with Crippen LogP contribution in [0.5, 0.6) is 5.75 Å². The molecule has 1 N–H and O–H groups in total. The molecule has 0 unspecified atom stereocenters. The summed E-state index contributed by atoms with van der Waals surface area (Å²) in [5.41, 5.74) is 1.40. The molecule has 1 aromatic carbocycles. The van der Waals surface area contributed by atoms with Crippen molar-refractivity contribution in [3.8, 4) is 5.75 Å². The fourth-order valence-corrected chi connectivity index (χ4v) is 2.16. The number of para-hydroxylation sites is 1. The van der Waals surface area contributed by atoms with Crippen LogP contribution in [0.1, 0.15) is 25.3 Å².